The number of nitrogens with zero attached hydrogens (tertiary/aromatic N) is 1. The van der Waals surface area contributed by atoms with E-state index in [1.54, 1.807) is 31.5 Å². The summed E-state index contributed by atoms with van der Waals surface area (Å²) in [5, 5.41) is 4.81. The first kappa shape index (κ1) is 18.9. The van der Waals surface area contributed by atoms with E-state index in [-0.39, 0.29) is 18.4 Å². The maximum absolute atomic E-state index is 11.9. The first-order valence-electron chi connectivity index (χ1n) is 8.66. The molecule has 2 amide bonds. The van der Waals surface area contributed by atoms with E-state index in [1.807, 2.05) is 42.5 Å². The number of carbonyl (C=O) groups excluding carboxylic acids is 2. The van der Waals surface area contributed by atoms with Gasteiger partial charge in [0.15, 0.2) is 6.61 Å². The third-order valence-electron chi connectivity index (χ3n) is 3.77. The number of carbonyl (C=O) groups is 2. The molecule has 1 aromatic heterocycles. The zero-order chi connectivity index (χ0) is 19.8. The number of allylic oxidation sites excluding steroid dienone is 1. The number of pyridine rings is 1. The molecule has 3 aromatic rings. The molecule has 28 heavy (non-hydrogen) atoms. The molecule has 0 unspecified atom stereocenters. The van der Waals surface area contributed by atoms with Crippen LogP contribution in [-0.4, -0.2) is 23.4 Å². The highest BCUT2D eigenvalue weighted by Gasteiger charge is 2.04. The van der Waals surface area contributed by atoms with Crippen molar-refractivity contribution in [2.45, 2.75) is 6.92 Å². The van der Waals surface area contributed by atoms with Crippen LogP contribution in [0.4, 0.5) is 5.69 Å². The van der Waals surface area contributed by atoms with Gasteiger partial charge in [0.25, 0.3) is 5.91 Å². The van der Waals surface area contributed by atoms with Gasteiger partial charge in [-0.3, -0.25) is 20.0 Å². The molecule has 0 fully saturated rings. The number of fused-ring (bicyclic) bond motifs is 1. The molecule has 7 heteroatoms. The molecule has 7 nitrogen and oxygen atoms in total. The van der Waals surface area contributed by atoms with E-state index < -0.39 is 0 Å². The molecule has 1 heterocycles. The van der Waals surface area contributed by atoms with Crippen LogP contribution in [0, 0.1) is 0 Å². The molecule has 0 atom stereocenters. The van der Waals surface area contributed by atoms with Gasteiger partial charge in [-0.2, -0.15) is 0 Å². The van der Waals surface area contributed by atoms with Crippen LogP contribution in [0.5, 0.6) is 5.75 Å². The number of aromatic nitrogens is 1. The summed E-state index contributed by atoms with van der Waals surface area (Å²) in [6.45, 7) is 1.51. The molecule has 0 aliphatic heterocycles. The number of benzene rings is 2. The van der Waals surface area contributed by atoms with Crippen LogP contribution in [0.15, 0.2) is 78.8 Å². The van der Waals surface area contributed by atoms with Gasteiger partial charge in [0.1, 0.15) is 5.75 Å². The second kappa shape index (κ2) is 9.18. The fourth-order valence-electron chi connectivity index (χ4n) is 2.46. The molecule has 0 aliphatic rings. The van der Waals surface area contributed by atoms with Crippen molar-refractivity contribution in [3.63, 3.8) is 0 Å². The average molecular weight is 376 g/mol. The summed E-state index contributed by atoms with van der Waals surface area (Å²) >= 11 is 0. The van der Waals surface area contributed by atoms with Crippen molar-refractivity contribution in [2.75, 3.05) is 11.9 Å². The van der Waals surface area contributed by atoms with Crippen molar-refractivity contribution in [3.8, 4) is 5.75 Å². The van der Waals surface area contributed by atoms with E-state index in [4.69, 9.17) is 4.74 Å². The van der Waals surface area contributed by atoms with Crippen molar-refractivity contribution < 1.29 is 14.3 Å². The number of rotatable bonds is 7. The normalized spacial score (nSPS) is 11.0. The van der Waals surface area contributed by atoms with Gasteiger partial charge in [0, 0.05) is 18.0 Å². The van der Waals surface area contributed by atoms with E-state index in [0.717, 1.165) is 10.8 Å². The minimum Gasteiger partial charge on any atom is -0.484 e. The van der Waals surface area contributed by atoms with Crippen molar-refractivity contribution in [2.24, 2.45) is 0 Å². The molecule has 0 saturated heterocycles. The van der Waals surface area contributed by atoms with Gasteiger partial charge in [0.05, 0.1) is 11.9 Å². The van der Waals surface area contributed by atoms with Crippen LogP contribution in [-0.2, 0) is 9.59 Å². The smallest absolute Gasteiger partial charge is 0.276 e. The molecule has 0 bridgehead atoms. The number of nitrogens with one attached hydrogen (secondary N) is 3. The number of amides is 2. The Labute approximate surface area is 162 Å². The maximum atomic E-state index is 11.9. The predicted octanol–water partition coefficient (Wildman–Crippen LogP) is 2.78. The van der Waals surface area contributed by atoms with Crippen LogP contribution in [0.3, 0.4) is 0 Å². The second-order valence-corrected chi connectivity index (χ2v) is 6.03. The maximum Gasteiger partial charge on any atom is 0.276 e. The van der Waals surface area contributed by atoms with Gasteiger partial charge in [0.2, 0.25) is 5.91 Å². The number of hydrogen-bond donors (Lipinski definition) is 3. The molecule has 2 aromatic carbocycles. The van der Waals surface area contributed by atoms with Crippen LogP contribution < -0.4 is 20.9 Å². The minimum atomic E-state index is -0.367. The monoisotopic (exact) mass is 376 g/mol. The Morgan fingerprint density at radius 3 is 2.64 bits per heavy atom. The Morgan fingerprint density at radius 2 is 1.86 bits per heavy atom. The lowest BCUT2D eigenvalue weighted by Crippen LogP contribution is -2.39. The Kier molecular flexibility index (Phi) is 6.20. The molecule has 0 spiro atoms. The minimum absolute atomic E-state index is 0.152. The number of hydrazine groups is 1. The first-order chi connectivity index (χ1) is 13.6. The number of ether oxygens (including phenoxy) is 1. The first-order valence-corrected chi connectivity index (χ1v) is 8.66. The van der Waals surface area contributed by atoms with E-state index in [0.29, 0.717) is 17.1 Å². The summed E-state index contributed by atoms with van der Waals surface area (Å²) in [7, 11) is 0. The summed E-state index contributed by atoms with van der Waals surface area (Å²) in [6.07, 6.45) is 4.49. The van der Waals surface area contributed by atoms with Crippen molar-refractivity contribution >= 4 is 28.3 Å². The number of anilines is 1. The zero-order valence-electron chi connectivity index (χ0n) is 15.3. The van der Waals surface area contributed by atoms with Crippen LogP contribution in [0.25, 0.3) is 10.8 Å². The van der Waals surface area contributed by atoms with Gasteiger partial charge < -0.3 is 15.5 Å². The predicted molar refractivity (Wildman–Crippen MR) is 107 cm³/mol. The quantitative estimate of drug-likeness (QED) is 0.436. The lowest BCUT2D eigenvalue weighted by Gasteiger charge is -2.10. The fraction of sp³-hybridized carbons (Fsp3) is 0.0952. The molecular formula is C21H20N4O3. The van der Waals surface area contributed by atoms with Gasteiger partial charge in [-0.25, -0.2) is 0 Å². The molecule has 0 radical (unpaired) electrons. The van der Waals surface area contributed by atoms with Gasteiger partial charge in [-0.1, -0.05) is 30.3 Å². The van der Waals surface area contributed by atoms with Gasteiger partial charge in [-0.05, 0) is 42.0 Å². The average Bonchev–Trinajstić information content (AvgIpc) is 2.71. The van der Waals surface area contributed by atoms with Crippen LogP contribution >= 0.6 is 0 Å². The molecular weight excluding hydrogens is 356 g/mol. The zero-order valence-corrected chi connectivity index (χ0v) is 15.3. The summed E-state index contributed by atoms with van der Waals surface area (Å²) < 4.78 is 5.51. The van der Waals surface area contributed by atoms with E-state index >= 15 is 0 Å². The largest absolute Gasteiger partial charge is 0.484 e. The fourth-order valence-corrected chi connectivity index (χ4v) is 2.46. The third kappa shape index (κ3) is 5.57. The standard InChI is InChI=1S/C21H20N4O3/c1-15(11-20(26)23-18-7-4-10-22-13-18)24-25-21(27)14-28-19-9-8-16-5-2-3-6-17(16)12-19/h2-13,24H,14H2,1H3,(H,23,26)(H,25,27). The Bertz CT molecular complexity index is 1000. The van der Waals surface area contributed by atoms with E-state index in [9.17, 15) is 9.59 Å². The Hall–Kier alpha value is -3.87. The lowest BCUT2D eigenvalue weighted by molar-refractivity contribution is -0.124. The van der Waals surface area contributed by atoms with E-state index in [2.05, 4.69) is 21.2 Å². The summed E-state index contributed by atoms with van der Waals surface area (Å²) in [6, 6.07) is 17.0. The SMILES string of the molecule is CC(=CC(=O)Nc1cccnc1)NNC(=O)COc1ccc2ccccc2c1. The van der Waals surface area contributed by atoms with Crippen molar-refractivity contribution in [1.82, 2.24) is 15.8 Å². The van der Waals surface area contributed by atoms with Crippen LogP contribution in [0.1, 0.15) is 6.92 Å². The lowest BCUT2D eigenvalue weighted by atomic mass is 10.1. The Morgan fingerprint density at radius 1 is 1.04 bits per heavy atom. The molecule has 3 N–H and O–H groups in total. The van der Waals surface area contributed by atoms with Crippen LogP contribution in [0.2, 0.25) is 0 Å². The van der Waals surface area contributed by atoms with Gasteiger partial charge in [-0.15, -0.1) is 0 Å². The highest BCUT2D eigenvalue weighted by molar-refractivity contribution is 5.99. The third-order valence-corrected chi connectivity index (χ3v) is 3.77. The molecule has 0 saturated carbocycles. The highest BCUT2D eigenvalue weighted by Crippen LogP contribution is 2.20. The van der Waals surface area contributed by atoms with Gasteiger partial charge >= 0.3 is 0 Å². The topological polar surface area (TPSA) is 92.4 Å². The van der Waals surface area contributed by atoms with Crippen molar-refractivity contribution in [1.29, 1.82) is 0 Å². The van der Waals surface area contributed by atoms with E-state index in [1.165, 1.54) is 6.08 Å². The number of hydrogen-bond acceptors (Lipinski definition) is 5. The molecule has 3 rings (SSSR count). The molecule has 142 valence electrons. The second-order valence-electron chi connectivity index (χ2n) is 6.03. The summed E-state index contributed by atoms with van der Waals surface area (Å²) in [4.78, 5) is 27.7. The Balaban J connectivity index is 1.44. The summed E-state index contributed by atoms with van der Waals surface area (Å²) in [5.41, 5.74) is 6.21. The summed E-state index contributed by atoms with van der Waals surface area (Å²) in [5.74, 6) is -0.0924. The van der Waals surface area contributed by atoms with Crippen molar-refractivity contribution in [3.05, 3.63) is 78.8 Å². The highest BCUT2D eigenvalue weighted by atomic mass is 16.5. The molecule has 0 aliphatic carbocycles.